The molecule has 0 N–H and O–H groups in total. The number of aryl methyl sites for hydroxylation is 1. The van der Waals surface area contributed by atoms with Gasteiger partial charge in [0.1, 0.15) is 0 Å². The fraction of sp³-hybridized carbons (Fsp3) is 0.471. The molecule has 0 aromatic carbocycles. The van der Waals surface area contributed by atoms with E-state index in [9.17, 15) is 9.59 Å². The molecule has 0 saturated carbocycles. The lowest BCUT2D eigenvalue weighted by molar-refractivity contribution is -0.130. The van der Waals surface area contributed by atoms with Crippen molar-refractivity contribution in [3.05, 3.63) is 36.2 Å². The average molecular weight is 299 g/mol. The number of nitrogens with zero attached hydrogens (tertiary/aromatic N) is 3. The lowest BCUT2D eigenvalue weighted by Crippen LogP contribution is -2.43. The molecule has 0 radical (unpaired) electrons. The zero-order valence-corrected chi connectivity index (χ0v) is 12.9. The number of carbonyl (C=O) groups excluding carboxylic acids is 2. The molecule has 2 aliphatic heterocycles. The van der Waals surface area contributed by atoms with Crippen LogP contribution in [0, 0.1) is 12.8 Å². The molecule has 3 heterocycles. The van der Waals surface area contributed by atoms with Crippen molar-refractivity contribution >= 4 is 17.5 Å². The Balaban J connectivity index is 1.68. The minimum Gasteiger partial charge on any atom is -0.339 e. The third kappa shape index (κ3) is 2.63. The van der Waals surface area contributed by atoms with E-state index in [2.05, 4.69) is 11.6 Å². The van der Waals surface area contributed by atoms with Gasteiger partial charge in [0, 0.05) is 38.2 Å². The number of fused-ring (bicyclic) bond motifs is 1. The highest BCUT2D eigenvalue weighted by Gasteiger charge is 2.33. The molecule has 3 rings (SSSR count). The van der Waals surface area contributed by atoms with Gasteiger partial charge in [-0.1, -0.05) is 6.58 Å². The van der Waals surface area contributed by atoms with Gasteiger partial charge in [0.15, 0.2) is 0 Å². The van der Waals surface area contributed by atoms with E-state index in [-0.39, 0.29) is 17.7 Å². The zero-order chi connectivity index (χ0) is 15.7. The first kappa shape index (κ1) is 14.8. The van der Waals surface area contributed by atoms with Crippen molar-refractivity contribution in [2.75, 3.05) is 24.5 Å². The highest BCUT2D eigenvalue weighted by molar-refractivity contribution is 5.97. The Labute approximate surface area is 130 Å². The Hall–Kier alpha value is -2.17. The van der Waals surface area contributed by atoms with Crippen molar-refractivity contribution in [1.29, 1.82) is 0 Å². The van der Waals surface area contributed by atoms with Crippen molar-refractivity contribution in [3.8, 4) is 0 Å². The monoisotopic (exact) mass is 299 g/mol. The van der Waals surface area contributed by atoms with Crippen LogP contribution in [0.1, 0.15) is 24.1 Å². The molecule has 2 aliphatic rings. The van der Waals surface area contributed by atoms with E-state index in [0.717, 1.165) is 42.8 Å². The number of hydrogen-bond donors (Lipinski definition) is 0. The van der Waals surface area contributed by atoms with Crippen LogP contribution in [0.3, 0.4) is 0 Å². The second kappa shape index (κ2) is 5.91. The van der Waals surface area contributed by atoms with Crippen LogP contribution in [0.15, 0.2) is 24.9 Å². The van der Waals surface area contributed by atoms with Gasteiger partial charge in [-0.15, -0.1) is 0 Å². The normalized spacial score (nSPS) is 18.2. The van der Waals surface area contributed by atoms with Gasteiger partial charge in [-0.2, -0.15) is 0 Å². The molecule has 5 heteroatoms. The van der Waals surface area contributed by atoms with E-state index in [1.165, 1.54) is 6.08 Å². The molecule has 0 atom stereocenters. The number of anilines is 1. The first-order valence-corrected chi connectivity index (χ1v) is 7.78. The summed E-state index contributed by atoms with van der Waals surface area (Å²) in [6.45, 7) is 7.49. The summed E-state index contributed by atoms with van der Waals surface area (Å²) in [5.41, 5.74) is 3.05. The Bertz CT molecular complexity index is 618. The van der Waals surface area contributed by atoms with Gasteiger partial charge in [-0.05, 0) is 37.5 Å². The van der Waals surface area contributed by atoms with Gasteiger partial charge in [-0.3, -0.25) is 14.6 Å². The van der Waals surface area contributed by atoms with Crippen LogP contribution < -0.4 is 4.90 Å². The third-order valence-corrected chi connectivity index (χ3v) is 4.54. The zero-order valence-electron chi connectivity index (χ0n) is 12.9. The number of hydrogen-bond acceptors (Lipinski definition) is 3. The maximum absolute atomic E-state index is 12.8. The number of likely N-dealkylation sites (tertiary alicyclic amines) is 1. The molecular formula is C17H21N3O2. The third-order valence-electron chi connectivity index (χ3n) is 4.54. The Morgan fingerprint density at radius 3 is 2.73 bits per heavy atom. The molecule has 1 saturated heterocycles. The summed E-state index contributed by atoms with van der Waals surface area (Å²) in [6, 6.07) is 2.05. The first-order chi connectivity index (χ1) is 10.6. The molecule has 0 spiro atoms. The number of aromatic nitrogens is 1. The van der Waals surface area contributed by atoms with Crippen molar-refractivity contribution < 1.29 is 9.59 Å². The second-order valence-electron chi connectivity index (χ2n) is 6.02. The minimum atomic E-state index is -0.0442. The first-order valence-electron chi connectivity index (χ1n) is 7.78. The van der Waals surface area contributed by atoms with E-state index in [1.54, 1.807) is 4.90 Å². The van der Waals surface area contributed by atoms with Crippen LogP contribution in [0.4, 0.5) is 5.69 Å². The van der Waals surface area contributed by atoms with Gasteiger partial charge in [0.2, 0.25) is 11.8 Å². The lowest BCUT2D eigenvalue weighted by Gasteiger charge is -2.32. The minimum absolute atomic E-state index is 0.000303. The van der Waals surface area contributed by atoms with Crippen LogP contribution in [0.25, 0.3) is 0 Å². The maximum atomic E-state index is 12.8. The number of piperidine rings is 1. The number of pyridine rings is 1. The van der Waals surface area contributed by atoms with Gasteiger partial charge in [-0.25, -0.2) is 0 Å². The summed E-state index contributed by atoms with van der Waals surface area (Å²) in [5, 5.41) is 0. The van der Waals surface area contributed by atoms with Crippen molar-refractivity contribution in [2.24, 2.45) is 5.92 Å². The van der Waals surface area contributed by atoms with E-state index < -0.39 is 0 Å². The van der Waals surface area contributed by atoms with Crippen molar-refractivity contribution in [2.45, 2.75) is 26.2 Å². The van der Waals surface area contributed by atoms with Crippen LogP contribution >= 0.6 is 0 Å². The predicted molar refractivity (Wildman–Crippen MR) is 84.5 cm³/mol. The van der Waals surface area contributed by atoms with E-state index in [4.69, 9.17) is 0 Å². The lowest BCUT2D eigenvalue weighted by atomic mass is 9.95. The summed E-state index contributed by atoms with van der Waals surface area (Å²) < 4.78 is 0. The second-order valence-corrected chi connectivity index (χ2v) is 6.02. The number of rotatable bonds is 2. The molecule has 5 nitrogen and oxygen atoms in total. The van der Waals surface area contributed by atoms with Crippen molar-refractivity contribution in [3.63, 3.8) is 0 Å². The molecule has 2 amide bonds. The quantitative estimate of drug-likeness (QED) is 0.781. The molecular weight excluding hydrogens is 278 g/mol. The molecule has 0 aliphatic carbocycles. The fourth-order valence-electron chi connectivity index (χ4n) is 3.27. The largest absolute Gasteiger partial charge is 0.339 e. The van der Waals surface area contributed by atoms with Crippen LogP contribution in [0.2, 0.25) is 0 Å². The summed E-state index contributed by atoms with van der Waals surface area (Å²) in [7, 11) is 0. The SMILES string of the molecule is C=CC(=O)N1CCC(C(=O)N2CCc3ncc(C)cc32)CC1. The highest BCUT2D eigenvalue weighted by Crippen LogP contribution is 2.30. The smallest absolute Gasteiger partial charge is 0.245 e. The molecule has 116 valence electrons. The summed E-state index contributed by atoms with van der Waals surface area (Å²) >= 11 is 0. The highest BCUT2D eigenvalue weighted by atomic mass is 16.2. The Morgan fingerprint density at radius 2 is 2.05 bits per heavy atom. The molecule has 1 aromatic rings. The van der Waals surface area contributed by atoms with E-state index in [0.29, 0.717) is 13.1 Å². The molecule has 1 aromatic heterocycles. The summed E-state index contributed by atoms with van der Waals surface area (Å²) in [6.07, 6.45) is 5.47. The summed E-state index contributed by atoms with van der Waals surface area (Å²) in [5.74, 6) is 0.134. The summed E-state index contributed by atoms with van der Waals surface area (Å²) in [4.78, 5) is 32.5. The average Bonchev–Trinajstić information content (AvgIpc) is 2.96. The van der Waals surface area contributed by atoms with Crippen molar-refractivity contribution in [1.82, 2.24) is 9.88 Å². The van der Waals surface area contributed by atoms with Crippen LogP contribution in [-0.4, -0.2) is 41.3 Å². The predicted octanol–water partition coefficient (Wildman–Crippen LogP) is 1.70. The van der Waals surface area contributed by atoms with E-state index in [1.807, 2.05) is 24.1 Å². The van der Waals surface area contributed by atoms with E-state index >= 15 is 0 Å². The van der Waals surface area contributed by atoms with Crippen LogP contribution in [-0.2, 0) is 16.0 Å². The molecule has 0 unspecified atom stereocenters. The van der Waals surface area contributed by atoms with Gasteiger partial charge >= 0.3 is 0 Å². The van der Waals surface area contributed by atoms with Gasteiger partial charge in [0.25, 0.3) is 0 Å². The topological polar surface area (TPSA) is 53.5 Å². The molecule has 1 fully saturated rings. The van der Waals surface area contributed by atoms with Gasteiger partial charge in [0.05, 0.1) is 11.4 Å². The molecule has 0 bridgehead atoms. The Kier molecular flexibility index (Phi) is 3.96. The van der Waals surface area contributed by atoms with Gasteiger partial charge < -0.3 is 9.80 Å². The maximum Gasteiger partial charge on any atom is 0.245 e. The fourth-order valence-corrected chi connectivity index (χ4v) is 3.27. The molecule has 22 heavy (non-hydrogen) atoms. The van der Waals surface area contributed by atoms with Crippen LogP contribution in [0.5, 0.6) is 0 Å². The number of amides is 2. The number of carbonyl (C=O) groups is 2. The standard InChI is InChI=1S/C17H21N3O2/c1-3-16(21)19-7-4-13(5-8-19)17(22)20-9-6-14-15(20)10-12(2)11-18-14/h3,10-11,13H,1,4-9H2,2H3. The Morgan fingerprint density at radius 1 is 1.32 bits per heavy atom.